The van der Waals surface area contributed by atoms with Crippen molar-refractivity contribution in [3.05, 3.63) is 77.9 Å². The van der Waals surface area contributed by atoms with Crippen LogP contribution in [0.25, 0.3) is 10.8 Å². The highest BCUT2D eigenvalue weighted by Gasteiger charge is 2.50. The molecule has 3 aromatic carbocycles. The summed E-state index contributed by atoms with van der Waals surface area (Å²) in [7, 11) is 1.60. The molecule has 2 heterocycles. The van der Waals surface area contributed by atoms with Gasteiger partial charge in [-0.25, -0.2) is 9.80 Å². The maximum Gasteiger partial charge on any atom is 0.325 e. The van der Waals surface area contributed by atoms with Crippen LogP contribution in [0.4, 0.5) is 4.79 Å². The molecule has 0 aromatic heterocycles. The van der Waals surface area contributed by atoms with Crippen LogP contribution in [0.5, 0.6) is 5.75 Å². The van der Waals surface area contributed by atoms with E-state index in [9.17, 15) is 14.4 Å². The van der Waals surface area contributed by atoms with Gasteiger partial charge < -0.3 is 10.1 Å². The zero-order valence-electron chi connectivity index (χ0n) is 21.2. The highest BCUT2D eigenvalue weighted by atomic mass is 16.5. The van der Waals surface area contributed by atoms with Crippen LogP contribution in [0, 0.1) is 0 Å². The van der Waals surface area contributed by atoms with E-state index in [0.717, 1.165) is 32.5 Å². The maximum absolute atomic E-state index is 13.6. The molecule has 0 aliphatic carbocycles. The molecule has 4 amide bonds. The Morgan fingerprint density at radius 2 is 1.73 bits per heavy atom. The molecule has 2 aliphatic rings. The summed E-state index contributed by atoms with van der Waals surface area (Å²) in [5.74, 6) is -0.0667. The van der Waals surface area contributed by atoms with E-state index in [2.05, 4.69) is 17.4 Å². The Balaban J connectivity index is 1.47. The van der Waals surface area contributed by atoms with Crippen molar-refractivity contribution in [1.82, 2.24) is 15.2 Å². The van der Waals surface area contributed by atoms with Gasteiger partial charge in [0.15, 0.2) is 0 Å². The minimum atomic E-state index is -0.961. The molecule has 1 unspecified atom stereocenters. The summed E-state index contributed by atoms with van der Waals surface area (Å²) >= 11 is 0. The van der Waals surface area contributed by atoms with Crippen molar-refractivity contribution in [1.29, 1.82) is 0 Å². The number of nitrogens with zero attached hydrogens (tertiary/aromatic N) is 3. The van der Waals surface area contributed by atoms with E-state index in [1.165, 1.54) is 5.01 Å². The van der Waals surface area contributed by atoms with E-state index in [0.29, 0.717) is 25.0 Å². The van der Waals surface area contributed by atoms with E-state index in [1.54, 1.807) is 7.11 Å². The molecule has 37 heavy (non-hydrogen) atoms. The Bertz CT molecular complexity index is 1390. The number of nitrogens with one attached hydrogen (secondary N) is 1. The van der Waals surface area contributed by atoms with Crippen LogP contribution in [-0.2, 0) is 9.59 Å². The molecule has 0 bridgehead atoms. The van der Waals surface area contributed by atoms with Crippen LogP contribution in [0.15, 0.2) is 71.8 Å². The lowest BCUT2D eigenvalue weighted by Crippen LogP contribution is -2.46. The third kappa shape index (κ3) is 4.33. The van der Waals surface area contributed by atoms with Gasteiger partial charge in [0.1, 0.15) is 17.8 Å². The number of rotatable bonds is 7. The lowest BCUT2D eigenvalue weighted by atomic mass is 9.93. The second kappa shape index (κ2) is 9.69. The summed E-state index contributed by atoms with van der Waals surface area (Å²) < 4.78 is 5.29. The van der Waals surface area contributed by atoms with Crippen molar-refractivity contribution in [2.45, 2.75) is 44.7 Å². The standard InChI is InChI=1S/C29H30N4O4/c1-4-29(5-2)27(35)32(28(36)30-29)18-26(34)33-25(20-12-14-23(37-3)15-13-20)17-24(31-33)22-11-10-19-8-6-7-9-21(19)16-22/h6-16,25H,4-5,17-18H2,1-3H3,(H,30,36). The Labute approximate surface area is 215 Å². The quantitative estimate of drug-likeness (QED) is 0.481. The molecule has 8 nitrogen and oxygen atoms in total. The lowest BCUT2D eigenvalue weighted by Gasteiger charge is -2.25. The monoisotopic (exact) mass is 498 g/mol. The van der Waals surface area contributed by atoms with Crippen molar-refractivity contribution >= 4 is 34.3 Å². The van der Waals surface area contributed by atoms with Crippen LogP contribution < -0.4 is 10.1 Å². The largest absolute Gasteiger partial charge is 0.497 e. The number of hydrazone groups is 1. The number of hydrogen-bond donors (Lipinski definition) is 1. The average Bonchev–Trinajstić information content (AvgIpc) is 3.48. The van der Waals surface area contributed by atoms with Crippen LogP contribution in [0.3, 0.4) is 0 Å². The fourth-order valence-corrected chi connectivity index (χ4v) is 5.13. The summed E-state index contributed by atoms with van der Waals surface area (Å²) in [6.45, 7) is 3.34. The molecule has 8 heteroatoms. The number of methoxy groups -OCH3 is 1. The Morgan fingerprint density at radius 3 is 2.38 bits per heavy atom. The summed E-state index contributed by atoms with van der Waals surface area (Å²) in [4.78, 5) is 40.4. The van der Waals surface area contributed by atoms with E-state index in [1.807, 2.05) is 68.4 Å². The van der Waals surface area contributed by atoms with Crippen molar-refractivity contribution in [2.24, 2.45) is 5.10 Å². The molecule has 1 fully saturated rings. The number of imide groups is 1. The van der Waals surface area contributed by atoms with E-state index >= 15 is 0 Å². The van der Waals surface area contributed by atoms with Gasteiger partial charge in [0.2, 0.25) is 0 Å². The Morgan fingerprint density at radius 1 is 1.03 bits per heavy atom. The van der Waals surface area contributed by atoms with E-state index in [-0.39, 0.29) is 18.5 Å². The molecule has 2 aliphatic heterocycles. The number of amides is 4. The lowest BCUT2D eigenvalue weighted by molar-refractivity contribution is -0.140. The van der Waals surface area contributed by atoms with Gasteiger partial charge in [0.05, 0.1) is 18.9 Å². The Kier molecular flexibility index (Phi) is 6.41. The number of urea groups is 1. The fraction of sp³-hybridized carbons (Fsp3) is 0.310. The third-order valence-corrected chi connectivity index (χ3v) is 7.50. The SMILES string of the molecule is CCC1(CC)NC(=O)N(CC(=O)N2N=C(c3ccc4ccccc4c3)CC2c2ccc(OC)cc2)C1=O. The van der Waals surface area contributed by atoms with Gasteiger partial charge in [-0.1, -0.05) is 62.4 Å². The molecule has 0 saturated carbocycles. The van der Waals surface area contributed by atoms with Crippen LogP contribution >= 0.6 is 0 Å². The summed E-state index contributed by atoms with van der Waals surface area (Å²) in [5.41, 5.74) is 1.63. The molecule has 0 radical (unpaired) electrons. The smallest absolute Gasteiger partial charge is 0.325 e. The number of benzene rings is 3. The minimum absolute atomic E-state index is 0.366. The maximum atomic E-state index is 13.6. The Hall–Kier alpha value is -4.20. The van der Waals surface area contributed by atoms with Crippen molar-refractivity contribution in [3.8, 4) is 5.75 Å². The van der Waals surface area contributed by atoms with Gasteiger partial charge in [-0.2, -0.15) is 5.10 Å². The second-order valence-electron chi connectivity index (χ2n) is 9.45. The average molecular weight is 499 g/mol. The van der Waals surface area contributed by atoms with Gasteiger partial charge in [-0.05, 0) is 52.9 Å². The molecule has 1 atom stereocenters. The molecule has 0 spiro atoms. The molecule has 5 rings (SSSR count). The topological polar surface area (TPSA) is 91.3 Å². The van der Waals surface area contributed by atoms with Crippen molar-refractivity contribution < 1.29 is 19.1 Å². The fourth-order valence-electron chi connectivity index (χ4n) is 5.13. The van der Waals surface area contributed by atoms with Gasteiger partial charge in [0, 0.05) is 6.42 Å². The highest BCUT2D eigenvalue weighted by molar-refractivity contribution is 6.10. The second-order valence-corrected chi connectivity index (χ2v) is 9.45. The third-order valence-electron chi connectivity index (χ3n) is 7.50. The first-order valence-corrected chi connectivity index (χ1v) is 12.6. The van der Waals surface area contributed by atoms with Gasteiger partial charge in [-0.15, -0.1) is 0 Å². The van der Waals surface area contributed by atoms with Gasteiger partial charge >= 0.3 is 6.03 Å². The normalized spacial score (nSPS) is 18.8. The predicted molar refractivity (Wildman–Crippen MR) is 141 cm³/mol. The van der Waals surface area contributed by atoms with Crippen LogP contribution in [0.1, 0.15) is 50.3 Å². The molecule has 1 N–H and O–H groups in total. The zero-order chi connectivity index (χ0) is 26.2. The van der Waals surface area contributed by atoms with E-state index < -0.39 is 17.5 Å². The number of carbonyl (C=O) groups is 3. The first-order chi connectivity index (χ1) is 17.9. The molecule has 3 aromatic rings. The predicted octanol–water partition coefficient (Wildman–Crippen LogP) is 4.64. The molecular formula is C29H30N4O4. The van der Waals surface area contributed by atoms with E-state index in [4.69, 9.17) is 9.84 Å². The minimum Gasteiger partial charge on any atom is -0.497 e. The first kappa shape index (κ1) is 24.5. The molecule has 1 saturated heterocycles. The molecular weight excluding hydrogens is 468 g/mol. The van der Waals surface area contributed by atoms with Crippen LogP contribution in [0.2, 0.25) is 0 Å². The zero-order valence-corrected chi connectivity index (χ0v) is 21.2. The van der Waals surface area contributed by atoms with Crippen molar-refractivity contribution in [3.63, 3.8) is 0 Å². The summed E-state index contributed by atoms with van der Waals surface area (Å²) in [6, 6.07) is 20.8. The summed E-state index contributed by atoms with van der Waals surface area (Å²) in [6.07, 6.45) is 1.42. The number of fused-ring (bicyclic) bond motifs is 1. The first-order valence-electron chi connectivity index (χ1n) is 12.6. The van der Waals surface area contributed by atoms with Crippen LogP contribution in [-0.4, -0.2) is 52.7 Å². The van der Waals surface area contributed by atoms with Gasteiger partial charge in [0.25, 0.3) is 11.8 Å². The number of hydrogen-bond acceptors (Lipinski definition) is 5. The summed E-state index contributed by atoms with van der Waals surface area (Å²) in [5, 5.41) is 11.2. The highest BCUT2D eigenvalue weighted by Crippen LogP contribution is 2.35. The van der Waals surface area contributed by atoms with Crippen molar-refractivity contribution in [2.75, 3.05) is 13.7 Å². The number of carbonyl (C=O) groups excluding carboxylic acids is 3. The number of ether oxygens (including phenoxy) is 1. The molecule has 190 valence electrons. The van der Waals surface area contributed by atoms with Gasteiger partial charge in [-0.3, -0.25) is 14.5 Å².